The van der Waals surface area contributed by atoms with E-state index in [1.54, 1.807) is 0 Å². The summed E-state index contributed by atoms with van der Waals surface area (Å²) in [5.41, 5.74) is -0.415. The lowest BCUT2D eigenvalue weighted by molar-refractivity contribution is -0.157. The molecule has 0 amide bonds. The van der Waals surface area contributed by atoms with Crippen molar-refractivity contribution in [3.63, 3.8) is 0 Å². The molecule has 7 heteroatoms. The third kappa shape index (κ3) is 2.50. The highest BCUT2D eigenvalue weighted by Crippen LogP contribution is 2.48. The average Bonchev–Trinajstić information content (AvgIpc) is 2.18. The van der Waals surface area contributed by atoms with Gasteiger partial charge in [-0.15, -0.1) is 0 Å². The molecule has 1 N–H and O–H groups in total. The zero-order valence-electron chi connectivity index (χ0n) is 11.6. The van der Waals surface area contributed by atoms with E-state index in [-0.39, 0.29) is 22.4 Å². The van der Waals surface area contributed by atoms with Gasteiger partial charge in [0.05, 0.1) is 21.7 Å². The zero-order valence-corrected chi connectivity index (χ0v) is 11.6. The fourth-order valence-corrected chi connectivity index (χ4v) is 1.97. The first-order valence-electron chi connectivity index (χ1n) is 5.94. The van der Waals surface area contributed by atoms with Crippen LogP contribution in [0.3, 0.4) is 0 Å². The minimum absolute atomic E-state index is 0.0880. The molecule has 1 atom stereocenters. The van der Waals surface area contributed by atoms with Crippen molar-refractivity contribution in [2.24, 2.45) is 0 Å². The standard InChI is InChI=1S/C9H21B4NO2/c1-7(2,3)16-6(15)5-9(12,13)8(10,11)4-14-5/h5,14H,4,10-13H2,1-3H3/t5-/m1/s1. The number of esters is 1. The summed E-state index contributed by atoms with van der Waals surface area (Å²) in [7, 11) is 8.62. The Kier molecular flexibility index (Phi) is 3.32. The van der Waals surface area contributed by atoms with Gasteiger partial charge < -0.3 is 10.1 Å². The molecule has 0 aromatic rings. The quantitative estimate of drug-likeness (QED) is 0.378. The molecular weight excluding hydrogens is 197 g/mol. The molecule has 0 aliphatic carbocycles. The molecule has 3 nitrogen and oxygen atoms in total. The van der Waals surface area contributed by atoms with Crippen molar-refractivity contribution in [2.75, 3.05) is 6.54 Å². The van der Waals surface area contributed by atoms with Crippen molar-refractivity contribution in [3.8, 4) is 0 Å². The van der Waals surface area contributed by atoms with E-state index in [0.717, 1.165) is 6.54 Å². The Labute approximate surface area is 102 Å². The third-order valence-corrected chi connectivity index (χ3v) is 3.86. The zero-order chi connectivity index (χ0) is 12.8. The topological polar surface area (TPSA) is 38.3 Å². The third-order valence-electron chi connectivity index (χ3n) is 3.86. The molecule has 16 heavy (non-hydrogen) atoms. The summed E-state index contributed by atoms with van der Waals surface area (Å²) in [4.78, 5) is 12.1. The van der Waals surface area contributed by atoms with Crippen LogP contribution >= 0.6 is 0 Å². The van der Waals surface area contributed by atoms with Crippen LogP contribution in [0.15, 0.2) is 0 Å². The molecular formula is C9H21B4NO2. The second-order valence-corrected chi connectivity index (χ2v) is 6.95. The molecule has 0 aromatic carbocycles. The van der Waals surface area contributed by atoms with Gasteiger partial charge in [-0.05, 0) is 27.3 Å². The highest BCUT2D eigenvalue weighted by Gasteiger charge is 2.51. The van der Waals surface area contributed by atoms with Gasteiger partial charge in [0.15, 0.2) is 0 Å². The lowest BCUT2D eigenvalue weighted by Gasteiger charge is -2.38. The average molecular weight is 219 g/mol. The van der Waals surface area contributed by atoms with E-state index < -0.39 is 5.60 Å². The number of ether oxygens (including phenoxy) is 1. The molecule has 1 heterocycles. The Morgan fingerprint density at radius 1 is 1.31 bits per heavy atom. The van der Waals surface area contributed by atoms with Crippen LogP contribution in [0.5, 0.6) is 0 Å². The molecule has 0 unspecified atom stereocenters. The van der Waals surface area contributed by atoms with Crippen molar-refractivity contribution in [2.45, 2.75) is 42.8 Å². The van der Waals surface area contributed by atoms with Crippen LogP contribution in [-0.2, 0) is 9.53 Å². The second kappa shape index (κ2) is 3.86. The molecule has 1 aliphatic rings. The molecule has 86 valence electrons. The van der Waals surface area contributed by atoms with Gasteiger partial charge in [0.2, 0.25) is 0 Å². The maximum absolute atomic E-state index is 12.1. The Morgan fingerprint density at radius 3 is 2.12 bits per heavy atom. The van der Waals surface area contributed by atoms with E-state index in [2.05, 4.69) is 36.7 Å². The van der Waals surface area contributed by atoms with Crippen LogP contribution in [0.2, 0.25) is 10.4 Å². The first-order valence-corrected chi connectivity index (χ1v) is 5.94. The van der Waals surface area contributed by atoms with Gasteiger partial charge >= 0.3 is 5.97 Å². The van der Waals surface area contributed by atoms with Gasteiger partial charge in [-0.25, -0.2) is 0 Å². The van der Waals surface area contributed by atoms with E-state index in [4.69, 9.17) is 4.74 Å². The molecule has 0 spiro atoms. The maximum atomic E-state index is 12.1. The molecule has 0 bridgehead atoms. The van der Waals surface area contributed by atoms with E-state index >= 15 is 0 Å². The SMILES string of the molecule is BC1(B)CN[C@H](C(=O)OC(C)(C)C)C1(B)B. The van der Waals surface area contributed by atoms with Crippen LogP contribution in [-0.4, -0.2) is 55.5 Å². The molecule has 1 aliphatic heterocycles. The molecule has 0 radical (unpaired) electrons. The molecule has 1 saturated heterocycles. The monoisotopic (exact) mass is 219 g/mol. The molecule has 1 fully saturated rings. The predicted molar refractivity (Wildman–Crippen MR) is 77.2 cm³/mol. The number of carbonyl (C=O) groups is 1. The Balaban J connectivity index is 2.81. The predicted octanol–water partition coefficient (Wildman–Crippen LogP) is -2.94. The summed E-state index contributed by atoms with van der Waals surface area (Å²) in [6, 6.07) is -0.207. The van der Waals surface area contributed by atoms with Crippen molar-refractivity contribution < 1.29 is 9.53 Å². The van der Waals surface area contributed by atoms with Gasteiger partial charge in [0.25, 0.3) is 0 Å². The summed E-state index contributed by atoms with van der Waals surface area (Å²) >= 11 is 0. The summed E-state index contributed by atoms with van der Waals surface area (Å²) in [5.74, 6) is -0.136. The minimum atomic E-state index is -0.415. The lowest BCUT2D eigenvalue weighted by atomic mass is 9.29. The van der Waals surface area contributed by atoms with Crippen LogP contribution in [0.25, 0.3) is 0 Å². The van der Waals surface area contributed by atoms with Crippen LogP contribution in [0, 0.1) is 0 Å². The lowest BCUT2D eigenvalue weighted by Crippen LogP contribution is -2.45. The van der Waals surface area contributed by atoms with Crippen LogP contribution in [0.4, 0.5) is 0 Å². The van der Waals surface area contributed by atoms with Crippen LogP contribution in [0.1, 0.15) is 20.8 Å². The fourth-order valence-electron chi connectivity index (χ4n) is 1.97. The van der Waals surface area contributed by atoms with Gasteiger partial charge in [0, 0.05) is 0 Å². The fraction of sp³-hybridized carbons (Fsp3) is 0.889. The second-order valence-electron chi connectivity index (χ2n) is 6.95. The highest BCUT2D eigenvalue weighted by atomic mass is 16.6. The number of hydrogen-bond acceptors (Lipinski definition) is 3. The number of hydrogen-bond donors (Lipinski definition) is 1. The van der Waals surface area contributed by atoms with Crippen molar-refractivity contribution in [1.29, 1.82) is 0 Å². The Morgan fingerprint density at radius 2 is 1.81 bits per heavy atom. The molecule has 0 saturated carbocycles. The van der Waals surface area contributed by atoms with Gasteiger partial charge in [-0.2, -0.15) is 0 Å². The smallest absolute Gasteiger partial charge is 0.322 e. The van der Waals surface area contributed by atoms with Gasteiger partial charge in [-0.3, -0.25) is 4.79 Å². The maximum Gasteiger partial charge on any atom is 0.322 e. The number of carbonyl (C=O) groups excluding carboxylic acids is 1. The minimum Gasteiger partial charge on any atom is -0.459 e. The molecule has 1 rings (SSSR count). The Bertz CT molecular complexity index is 298. The van der Waals surface area contributed by atoms with Crippen LogP contribution < -0.4 is 5.32 Å². The van der Waals surface area contributed by atoms with Crippen molar-refractivity contribution in [3.05, 3.63) is 0 Å². The summed E-state index contributed by atoms with van der Waals surface area (Å²) in [6.07, 6.45) is 0. The van der Waals surface area contributed by atoms with Gasteiger partial charge in [-0.1, -0.05) is 10.4 Å². The first kappa shape index (κ1) is 13.8. The Hall–Kier alpha value is -0.310. The van der Waals surface area contributed by atoms with E-state index in [1.165, 1.54) is 0 Å². The van der Waals surface area contributed by atoms with Crippen molar-refractivity contribution in [1.82, 2.24) is 5.32 Å². The van der Waals surface area contributed by atoms with Gasteiger partial charge in [0.1, 0.15) is 21.3 Å². The normalized spacial score (nSPS) is 27.6. The summed E-state index contributed by atoms with van der Waals surface area (Å²) in [5, 5.41) is 3.30. The number of nitrogens with one attached hydrogen (secondary N) is 1. The largest absolute Gasteiger partial charge is 0.459 e. The first-order chi connectivity index (χ1) is 6.97. The summed E-state index contributed by atoms with van der Waals surface area (Å²) in [6.45, 7) is 6.55. The van der Waals surface area contributed by atoms with E-state index in [1.807, 2.05) is 20.8 Å². The van der Waals surface area contributed by atoms with Crippen molar-refractivity contribution >= 4 is 37.4 Å². The molecule has 0 aromatic heterocycles. The number of rotatable bonds is 1. The highest BCUT2D eigenvalue weighted by molar-refractivity contribution is 6.56. The van der Waals surface area contributed by atoms with E-state index in [0.29, 0.717) is 0 Å². The van der Waals surface area contributed by atoms with E-state index in [9.17, 15) is 4.79 Å². The summed E-state index contributed by atoms with van der Waals surface area (Å²) < 4.78 is 5.45.